The third-order valence-electron chi connectivity index (χ3n) is 5.91. The Hall–Kier alpha value is -3.96. The molecule has 3 aromatic carbocycles. The Labute approximate surface area is 209 Å². The minimum absolute atomic E-state index is 0.0806. The van der Waals surface area contributed by atoms with Crippen LogP contribution in [-0.4, -0.2) is 39.5 Å². The molecule has 0 fully saturated rings. The highest BCUT2D eigenvalue weighted by molar-refractivity contribution is 7.48. The van der Waals surface area contributed by atoms with Crippen LogP contribution in [0.3, 0.4) is 0 Å². The Morgan fingerprint density at radius 3 is 2.17 bits per heavy atom. The third-order valence-corrected chi connectivity index (χ3v) is 7.17. The molecule has 0 aliphatic heterocycles. The molecule has 0 spiro atoms. The third kappa shape index (κ3) is 5.81. The van der Waals surface area contributed by atoms with Gasteiger partial charge >= 0.3 is 11.9 Å². The molecule has 36 heavy (non-hydrogen) atoms. The summed E-state index contributed by atoms with van der Waals surface area (Å²) in [7, 11) is -0.0866. The summed E-state index contributed by atoms with van der Waals surface area (Å²) in [5, 5.41) is 20.0. The zero-order valence-corrected chi connectivity index (χ0v) is 20.7. The van der Waals surface area contributed by atoms with Crippen molar-refractivity contribution in [2.24, 2.45) is 0 Å². The van der Waals surface area contributed by atoms with E-state index in [-0.39, 0.29) is 26.1 Å². The number of aliphatic carboxylic acids is 2. The number of carboxylic acids is 2. The molecule has 0 saturated carbocycles. The molecule has 1 heterocycles. The van der Waals surface area contributed by atoms with Crippen molar-refractivity contribution < 1.29 is 24.5 Å². The number of benzene rings is 3. The van der Waals surface area contributed by atoms with Crippen LogP contribution in [0.1, 0.15) is 22.3 Å². The summed E-state index contributed by atoms with van der Waals surface area (Å²) in [6, 6.07) is 22.7. The summed E-state index contributed by atoms with van der Waals surface area (Å²) in [6.07, 6.45) is 0.359. The number of carbonyl (C=O) groups is 2. The average Bonchev–Trinajstić information content (AvgIpc) is 2.87. The first-order valence-electron chi connectivity index (χ1n) is 11.4. The second-order valence-electron chi connectivity index (χ2n) is 8.44. The molecule has 4 rings (SSSR count). The smallest absolute Gasteiger partial charge is 0.341 e. The second-order valence-corrected chi connectivity index (χ2v) is 9.68. The fourth-order valence-electron chi connectivity index (χ4n) is 4.26. The minimum atomic E-state index is -1.12. The van der Waals surface area contributed by atoms with Crippen LogP contribution in [0.15, 0.2) is 77.6 Å². The predicted molar refractivity (Wildman–Crippen MR) is 141 cm³/mol. The molecule has 2 N–H and O–H groups in total. The van der Waals surface area contributed by atoms with Crippen LogP contribution in [0.5, 0.6) is 5.75 Å². The van der Waals surface area contributed by atoms with Crippen molar-refractivity contribution in [2.75, 3.05) is 12.8 Å². The van der Waals surface area contributed by atoms with E-state index in [4.69, 9.17) is 9.84 Å². The van der Waals surface area contributed by atoms with Crippen LogP contribution in [-0.2, 0) is 22.6 Å². The monoisotopic (exact) mass is 503 g/mol. The van der Waals surface area contributed by atoms with Crippen LogP contribution in [0.2, 0.25) is 0 Å². The number of pyridine rings is 1. The van der Waals surface area contributed by atoms with Crippen molar-refractivity contribution >= 4 is 36.7 Å². The van der Waals surface area contributed by atoms with Gasteiger partial charge in [-0.25, -0.2) is 4.79 Å². The van der Waals surface area contributed by atoms with Gasteiger partial charge in [-0.1, -0.05) is 69.2 Å². The summed E-state index contributed by atoms with van der Waals surface area (Å²) in [5.41, 5.74) is 3.82. The van der Waals surface area contributed by atoms with Gasteiger partial charge in [0.25, 0.3) is 5.56 Å². The number of aryl methyl sites for hydroxylation is 1. The summed E-state index contributed by atoms with van der Waals surface area (Å²) < 4.78 is 7.15. The lowest BCUT2D eigenvalue weighted by molar-refractivity contribution is -0.139. The van der Waals surface area contributed by atoms with E-state index in [2.05, 4.69) is 0 Å². The standard InChI is InChI=1S/C28H26NO6P/c1-18-22(12-19-8-4-2-5-9-19)28(34)29(15-20-10-6-3-7-11-20)23-13-21(35-16-25(30)31)14-24(27(18)23)36-17-26(32)33/h2-11,13-14,36H,12,15-17H2,1H3,(H,30,31)(H,32,33). The van der Waals surface area contributed by atoms with Gasteiger partial charge in [-0.3, -0.25) is 9.59 Å². The summed E-state index contributed by atoms with van der Waals surface area (Å²) in [6.45, 7) is 1.66. The number of rotatable bonds is 10. The van der Waals surface area contributed by atoms with E-state index in [1.54, 1.807) is 16.7 Å². The number of nitrogens with zero attached hydrogens (tertiary/aromatic N) is 1. The number of carboxylic acid groups (broad SMARTS) is 2. The molecule has 0 aliphatic carbocycles. The number of aromatic nitrogens is 1. The molecule has 4 aromatic rings. The molecule has 1 atom stereocenters. The van der Waals surface area contributed by atoms with Crippen molar-refractivity contribution in [3.8, 4) is 5.75 Å². The van der Waals surface area contributed by atoms with Crippen molar-refractivity contribution in [3.05, 3.63) is 105 Å². The van der Waals surface area contributed by atoms with Gasteiger partial charge in [-0.2, -0.15) is 0 Å². The maximum absolute atomic E-state index is 13.9. The van der Waals surface area contributed by atoms with Gasteiger partial charge in [-0.15, -0.1) is 0 Å². The van der Waals surface area contributed by atoms with Gasteiger partial charge in [0.1, 0.15) is 5.75 Å². The van der Waals surface area contributed by atoms with Gasteiger partial charge in [-0.05, 0) is 35.0 Å². The highest BCUT2D eigenvalue weighted by Gasteiger charge is 2.19. The van der Waals surface area contributed by atoms with Gasteiger partial charge < -0.3 is 19.5 Å². The van der Waals surface area contributed by atoms with Crippen LogP contribution < -0.4 is 15.6 Å². The Bertz CT molecular complexity index is 1460. The first kappa shape index (κ1) is 25.1. The average molecular weight is 503 g/mol. The van der Waals surface area contributed by atoms with E-state index < -0.39 is 18.5 Å². The number of hydrogen-bond donors (Lipinski definition) is 2. The summed E-state index contributed by atoms with van der Waals surface area (Å²) >= 11 is 0. The lowest BCUT2D eigenvalue weighted by Gasteiger charge is -2.20. The summed E-state index contributed by atoms with van der Waals surface area (Å²) in [5.74, 6) is -1.77. The molecule has 0 bridgehead atoms. The topological polar surface area (TPSA) is 106 Å². The zero-order chi connectivity index (χ0) is 25.7. The van der Waals surface area contributed by atoms with Gasteiger partial charge in [0.15, 0.2) is 6.61 Å². The fraction of sp³-hybridized carbons (Fsp3) is 0.179. The first-order chi connectivity index (χ1) is 17.3. The normalized spacial score (nSPS) is 11.2. The van der Waals surface area contributed by atoms with E-state index in [0.717, 1.165) is 27.4 Å². The van der Waals surface area contributed by atoms with Gasteiger partial charge in [0.05, 0.1) is 18.2 Å². The number of ether oxygens (including phenoxy) is 1. The van der Waals surface area contributed by atoms with E-state index in [1.165, 1.54) is 0 Å². The highest BCUT2D eigenvalue weighted by Crippen LogP contribution is 2.29. The maximum Gasteiger partial charge on any atom is 0.341 e. The molecule has 7 nitrogen and oxygen atoms in total. The van der Waals surface area contributed by atoms with Gasteiger partial charge in [0.2, 0.25) is 0 Å². The van der Waals surface area contributed by atoms with Crippen molar-refractivity contribution in [2.45, 2.75) is 19.9 Å². The predicted octanol–water partition coefficient (Wildman–Crippen LogP) is 3.80. The SMILES string of the molecule is Cc1c(Cc2ccccc2)c(=O)n(Cc2ccccc2)c2cc(OCC(=O)O)cc(PCC(=O)O)c12. The molecule has 184 valence electrons. The lowest BCUT2D eigenvalue weighted by Crippen LogP contribution is -2.28. The van der Waals surface area contributed by atoms with E-state index >= 15 is 0 Å². The molecular weight excluding hydrogens is 477 g/mol. The van der Waals surface area contributed by atoms with Crippen molar-refractivity contribution in [1.82, 2.24) is 4.57 Å². The number of hydrogen-bond acceptors (Lipinski definition) is 4. The quantitative estimate of drug-likeness (QED) is 0.319. The van der Waals surface area contributed by atoms with Gasteiger partial charge in [0, 0.05) is 23.4 Å². The van der Waals surface area contributed by atoms with Crippen LogP contribution >= 0.6 is 8.58 Å². The molecule has 1 unspecified atom stereocenters. The Morgan fingerprint density at radius 2 is 1.56 bits per heavy atom. The Kier molecular flexibility index (Phi) is 7.81. The second kappa shape index (κ2) is 11.2. The van der Waals surface area contributed by atoms with E-state index in [9.17, 15) is 19.5 Å². The van der Waals surface area contributed by atoms with Crippen molar-refractivity contribution in [3.63, 3.8) is 0 Å². The molecule has 1 aromatic heterocycles. The van der Waals surface area contributed by atoms with Crippen LogP contribution in [0, 0.1) is 6.92 Å². The molecule has 0 aliphatic rings. The van der Waals surface area contributed by atoms with E-state index in [1.807, 2.05) is 67.6 Å². The largest absolute Gasteiger partial charge is 0.482 e. The zero-order valence-electron chi connectivity index (χ0n) is 19.7. The summed E-state index contributed by atoms with van der Waals surface area (Å²) in [4.78, 5) is 36.4. The Morgan fingerprint density at radius 1 is 0.917 bits per heavy atom. The minimum Gasteiger partial charge on any atom is -0.482 e. The molecule has 8 heteroatoms. The fourth-order valence-corrected chi connectivity index (χ4v) is 5.34. The van der Waals surface area contributed by atoms with Crippen LogP contribution in [0.25, 0.3) is 10.9 Å². The number of fused-ring (bicyclic) bond motifs is 1. The van der Waals surface area contributed by atoms with E-state index in [0.29, 0.717) is 24.0 Å². The van der Waals surface area contributed by atoms with Crippen LogP contribution in [0.4, 0.5) is 0 Å². The molecule has 0 radical (unpaired) electrons. The molecular formula is C28H26NO6P. The maximum atomic E-state index is 13.9. The Balaban J connectivity index is 1.98. The highest BCUT2D eigenvalue weighted by atomic mass is 31.1. The van der Waals surface area contributed by atoms with Crippen molar-refractivity contribution in [1.29, 1.82) is 0 Å². The molecule has 0 saturated heterocycles. The molecule has 0 amide bonds. The lowest BCUT2D eigenvalue weighted by atomic mass is 9.98. The first-order valence-corrected chi connectivity index (χ1v) is 12.6.